The van der Waals surface area contributed by atoms with Gasteiger partial charge >= 0.3 is 5.97 Å². The summed E-state index contributed by atoms with van der Waals surface area (Å²) in [6, 6.07) is 10.6. The second kappa shape index (κ2) is 8.30. The van der Waals surface area contributed by atoms with E-state index < -0.39 is 0 Å². The zero-order chi connectivity index (χ0) is 16.8. The number of hydrogen-bond acceptors (Lipinski definition) is 3. The van der Waals surface area contributed by atoms with Gasteiger partial charge in [0, 0.05) is 12.6 Å². The first-order valence-electron chi connectivity index (χ1n) is 8.58. The Morgan fingerprint density at radius 2 is 2.04 bits per heavy atom. The van der Waals surface area contributed by atoms with E-state index in [4.69, 9.17) is 4.74 Å². The van der Waals surface area contributed by atoms with Crippen LogP contribution in [-0.4, -0.2) is 18.1 Å². The Bertz CT molecular complexity index is 524. The molecule has 3 atom stereocenters. The van der Waals surface area contributed by atoms with E-state index in [0.717, 1.165) is 31.4 Å². The van der Waals surface area contributed by atoms with Gasteiger partial charge in [0.15, 0.2) is 0 Å². The summed E-state index contributed by atoms with van der Waals surface area (Å²) < 4.78 is 5.68. The number of nitrogens with one attached hydrogen (secondary N) is 1. The summed E-state index contributed by atoms with van der Waals surface area (Å²) >= 11 is 0. The van der Waals surface area contributed by atoms with Crippen molar-refractivity contribution in [3.63, 3.8) is 0 Å². The van der Waals surface area contributed by atoms with Crippen LogP contribution in [0.5, 0.6) is 0 Å². The van der Waals surface area contributed by atoms with Crippen LogP contribution in [-0.2, 0) is 16.1 Å². The summed E-state index contributed by atoms with van der Waals surface area (Å²) in [4.78, 5) is 12.1. The van der Waals surface area contributed by atoms with Crippen LogP contribution < -0.4 is 5.32 Å². The van der Waals surface area contributed by atoms with Gasteiger partial charge in [-0.1, -0.05) is 49.8 Å². The third-order valence-corrected chi connectivity index (χ3v) is 4.30. The van der Waals surface area contributed by atoms with Crippen LogP contribution in [0.4, 0.5) is 0 Å². The average molecular weight is 315 g/mol. The summed E-state index contributed by atoms with van der Waals surface area (Å²) in [7, 11) is 0. The van der Waals surface area contributed by atoms with E-state index in [1.165, 1.54) is 5.56 Å². The number of hydrogen-bond donors (Lipinski definition) is 1. The molecule has 0 unspecified atom stereocenters. The number of rotatable bonds is 8. The third-order valence-electron chi connectivity index (χ3n) is 4.30. The van der Waals surface area contributed by atoms with Crippen LogP contribution in [0.25, 0.3) is 0 Å². The summed E-state index contributed by atoms with van der Waals surface area (Å²) in [5.41, 5.74) is 2.30. The van der Waals surface area contributed by atoms with Crippen molar-refractivity contribution in [2.75, 3.05) is 0 Å². The van der Waals surface area contributed by atoms with Crippen LogP contribution in [0.2, 0.25) is 0 Å². The van der Waals surface area contributed by atoms with Crippen molar-refractivity contribution in [2.24, 2.45) is 11.8 Å². The van der Waals surface area contributed by atoms with Gasteiger partial charge in [-0.3, -0.25) is 4.79 Å². The molecule has 1 aromatic rings. The fourth-order valence-corrected chi connectivity index (χ4v) is 3.22. The fraction of sp³-hybridized carbons (Fsp3) is 0.550. The number of carbonyl (C=O) groups is 1. The van der Waals surface area contributed by atoms with E-state index in [0.29, 0.717) is 5.92 Å². The lowest BCUT2D eigenvalue weighted by molar-refractivity contribution is -0.145. The van der Waals surface area contributed by atoms with Gasteiger partial charge in [-0.25, -0.2) is 0 Å². The Kier molecular flexibility index (Phi) is 6.40. The molecule has 0 bridgehead atoms. The fourth-order valence-electron chi connectivity index (χ4n) is 3.22. The second-order valence-corrected chi connectivity index (χ2v) is 7.17. The Morgan fingerprint density at radius 3 is 2.65 bits per heavy atom. The van der Waals surface area contributed by atoms with E-state index in [1.54, 1.807) is 0 Å². The van der Waals surface area contributed by atoms with Gasteiger partial charge in [-0.15, -0.1) is 6.58 Å². The highest BCUT2D eigenvalue weighted by atomic mass is 16.6. The number of allylic oxidation sites excluding steroid dienone is 1. The van der Waals surface area contributed by atoms with Crippen LogP contribution >= 0.6 is 0 Å². The smallest absolute Gasteiger partial charge is 0.309 e. The summed E-state index contributed by atoms with van der Waals surface area (Å²) in [5.74, 6) is 0.473. The molecule has 1 N–H and O–H groups in total. The van der Waals surface area contributed by atoms with Gasteiger partial charge in [0.2, 0.25) is 0 Å². The van der Waals surface area contributed by atoms with E-state index in [2.05, 4.69) is 37.9 Å². The predicted octanol–water partition coefficient (Wildman–Crippen LogP) is 4.09. The van der Waals surface area contributed by atoms with Gasteiger partial charge in [0.05, 0.1) is 5.92 Å². The number of cyclic esters (lactones) is 1. The maximum Gasteiger partial charge on any atom is 0.309 e. The highest BCUT2D eigenvalue weighted by molar-refractivity contribution is 5.75. The highest BCUT2D eigenvalue weighted by Gasteiger charge is 2.38. The molecule has 1 saturated heterocycles. The molecule has 0 spiro atoms. The lowest BCUT2D eigenvalue weighted by atomic mass is 9.91. The molecule has 1 heterocycles. The standard InChI is InChI=1S/C20H29NO2/c1-14(2)10-17-12-19(23-20(17)22)18(11-15(3)4)21-13-16-8-6-5-7-9-16/h5-9,15,17-19,21H,1,10-13H2,2-4H3/t17-,18+,19+/m1/s1. The van der Waals surface area contributed by atoms with E-state index in [9.17, 15) is 4.79 Å². The molecular weight excluding hydrogens is 286 g/mol. The van der Waals surface area contributed by atoms with Gasteiger partial charge in [-0.2, -0.15) is 0 Å². The van der Waals surface area contributed by atoms with Crippen molar-refractivity contribution in [2.45, 2.75) is 58.7 Å². The minimum Gasteiger partial charge on any atom is -0.460 e. The molecule has 0 saturated carbocycles. The van der Waals surface area contributed by atoms with Crippen LogP contribution in [0.15, 0.2) is 42.5 Å². The molecule has 23 heavy (non-hydrogen) atoms. The molecule has 2 rings (SSSR count). The van der Waals surface area contributed by atoms with Crippen molar-refractivity contribution < 1.29 is 9.53 Å². The minimum absolute atomic E-state index is 0.0225. The van der Waals surface area contributed by atoms with Crippen molar-refractivity contribution in [3.05, 3.63) is 48.0 Å². The van der Waals surface area contributed by atoms with E-state index in [-0.39, 0.29) is 24.0 Å². The number of carbonyl (C=O) groups excluding carboxylic acids is 1. The van der Waals surface area contributed by atoms with Crippen LogP contribution in [0, 0.1) is 11.8 Å². The molecule has 0 radical (unpaired) electrons. The van der Waals surface area contributed by atoms with Gasteiger partial charge < -0.3 is 10.1 Å². The first kappa shape index (κ1) is 17.7. The zero-order valence-electron chi connectivity index (χ0n) is 14.5. The van der Waals surface area contributed by atoms with E-state index >= 15 is 0 Å². The molecular formula is C20H29NO2. The Hall–Kier alpha value is -1.61. The largest absolute Gasteiger partial charge is 0.460 e. The lowest BCUT2D eigenvalue weighted by Crippen LogP contribution is -2.40. The molecule has 0 aliphatic carbocycles. The molecule has 1 aliphatic rings. The Morgan fingerprint density at radius 1 is 1.35 bits per heavy atom. The van der Waals surface area contributed by atoms with Gasteiger partial charge in [-0.05, 0) is 37.7 Å². The Balaban J connectivity index is 1.98. The molecule has 3 nitrogen and oxygen atoms in total. The average Bonchev–Trinajstić information content (AvgIpc) is 2.84. The van der Waals surface area contributed by atoms with Crippen LogP contribution in [0.1, 0.15) is 45.6 Å². The zero-order valence-corrected chi connectivity index (χ0v) is 14.5. The maximum absolute atomic E-state index is 12.1. The van der Waals surface area contributed by atoms with Crippen molar-refractivity contribution >= 4 is 5.97 Å². The molecule has 126 valence electrons. The molecule has 1 fully saturated rings. The van der Waals surface area contributed by atoms with Gasteiger partial charge in [0.25, 0.3) is 0 Å². The summed E-state index contributed by atoms with van der Waals surface area (Å²) in [5, 5.41) is 3.60. The van der Waals surface area contributed by atoms with Gasteiger partial charge in [0.1, 0.15) is 6.10 Å². The third kappa shape index (κ3) is 5.51. The molecule has 3 heteroatoms. The maximum atomic E-state index is 12.1. The quantitative estimate of drug-likeness (QED) is 0.580. The van der Waals surface area contributed by atoms with Crippen molar-refractivity contribution in [1.82, 2.24) is 5.32 Å². The Labute approximate surface area is 140 Å². The van der Waals surface area contributed by atoms with E-state index in [1.807, 2.05) is 25.1 Å². The van der Waals surface area contributed by atoms with Crippen molar-refractivity contribution in [1.29, 1.82) is 0 Å². The topological polar surface area (TPSA) is 38.3 Å². The number of ether oxygens (including phenoxy) is 1. The van der Waals surface area contributed by atoms with Crippen molar-refractivity contribution in [3.8, 4) is 0 Å². The first-order valence-corrected chi connectivity index (χ1v) is 8.58. The first-order chi connectivity index (χ1) is 11.0. The minimum atomic E-state index is -0.0618. The molecule has 1 aromatic carbocycles. The second-order valence-electron chi connectivity index (χ2n) is 7.17. The molecule has 0 aromatic heterocycles. The molecule has 0 amide bonds. The lowest BCUT2D eigenvalue weighted by Gasteiger charge is -2.25. The molecule has 1 aliphatic heterocycles. The van der Waals surface area contributed by atoms with Crippen LogP contribution in [0.3, 0.4) is 0 Å². The number of benzene rings is 1. The summed E-state index contributed by atoms with van der Waals surface area (Å²) in [6.45, 7) is 11.1. The normalized spacial score (nSPS) is 22.2. The summed E-state index contributed by atoms with van der Waals surface area (Å²) in [6.07, 6.45) is 2.51. The monoisotopic (exact) mass is 315 g/mol. The highest BCUT2D eigenvalue weighted by Crippen LogP contribution is 2.30. The number of esters is 1. The SMILES string of the molecule is C=C(C)C[C@@H]1C[C@@H]([C@H](CC(C)C)NCc2ccccc2)OC1=O. The predicted molar refractivity (Wildman–Crippen MR) is 93.9 cm³/mol.